The molecule has 2 rings (SSSR count). The normalized spacial score (nSPS) is 16.0. The van der Waals surface area contributed by atoms with Crippen LogP contribution in [0.4, 0.5) is 5.95 Å². The topological polar surface area (TPSA) is 55.3 Å². The zero-order valence-electron chi connectivity index (χ0n) is 10.3. The predicted molar refractivity (Wildman–Crippen MR) is 64.4 cm³/mol. The number of ether oxygens (including phenoxy) is 1. The number of carbonyl (C=O) groups excluding carboxylic acids is 1. The fourth-order valence-corrected chi connectivity index (χ4v) is 1.89. The summed E-state index contributed by atoms with van der Waals surface area (Å²) in [6.45, 7) is 6.58. The number of carbonyl (C=O) groups is 1. The standard InChI is InChI=1S/C12H17N3O2/c1-3-11-10(9(2)16)8-13-12(14-11)15-4-6-17-7-5-15/h8H,3-7H2,1-2H3. The molecule has 0 aliphatic carbocycles. The molecule has 0 radical (unpaired) electrons. The molecule has 0 aromatic carbocycles. The molecule has 1 aromatic rings. The zero-order valence-corrected chi connectivity index (χ0v) is 10.3. The van der Waals surface area contributed by atoms with Crippen LogP contribution in [0.1, 0.15) is 29.9 Å². The molecule has 0 saturated carbocycles. The molecule has 1 aliphatic heterocycles. The van der Waals surface area contributed by atoms with E-state index in [9.17, 15) is 4.79 Å². The van der Waals surface area contributed by atoms with Crippen LogP contribution in [0, 0.1) is 0 Å². The third-order valence-corrected chi connectivity index (χ3v) is 2.86. The molecule has 17 heavy (non-hydrogen) atoms. The summed E-state index contributed by atoms with van der Waals surface area (Å²) >= 11 is 0. The number of hydrogen-bond acceptors (Lipinski definition) is 5. The maximum Gasteiger partial charge on any atom is 0.225 e. The Morgan fingerprint density at radius 2 is 2.18 bits per heavy atom. The third kappa shape index (κ3) is 2.61. The van der Waals surface area contributed by atoms with Gasteiger partial charge in [0.25, 0.3) is 0 Å². The Bertz CT molecular complexity index is 414. The summed E-state index contributed by atoms with van der Waals surface area (Å²) in [5.41, 5.74) is 1.46. The van der Waals surface area contributed by atoms with E-state index in [1.807, 2.05) is 6.92 Å². The first-order valence-electron chi connectivity index (χ1n) is 5.92. The molecule has 0 atom stereocenters. The van der Waals surface area contributed by atoms with Crippen molar-refractivity contribution in [3.63, 3.8) is 0 Å². The fourth-order valence-electron chi connectivity index (χ4n) is 1.89. The SMILES string of the molecule is CCc1nc(N2CCOCC2)ncc1C(C)=O. The van der Waals surface area contributed by atoms with Gasteiger partial charge >= 0.3 is 0 Å². The van der Waals surface area contributed by atoms with E-state index in [0.717, 1.165) is 25.2 Å². The summed E-state index contributed by atoms with van der Waals surface area (Å²) in [4.78, 5) is 22.2. The lowest BCUT2D eigenvalue weighted by Gasteiger charge is -2.27. The van der Waals surface area contributed by atoms with Crippen LogP contribution >= 0.6 is 0 Å². The summed E-state index contributed by atoms with van der Waals surface area (Å²) in [5.74, 6) is 0.727. The van der Waals surface area contributed by atoms with Crippen molar-refractivity contribution in [3.8, 4) is 0 Å². The van der Waals surface area contributed by atoms with Gasteiger partial charge in [-0.1, -0.05) is 6.92 Å². The van der Waals surface area contributed by atoms with Crippen molar-refractivity contribution >= 4 is 11.7 Å². The molecule has 1 fully saturated rings. The van der Waals surface area contributed by atoms with Crippen LogP contribution < -0.4 is 4.90 Å². The van der Waals surface area contributed by atoms with Gasteiger partial charge in [-0.25, -0.2) is 9.97 Å². The maximum absolute atomic E-state index is 11.4. The second kappa shape index (κ2) is 5.23. The Labute approximate surface area is 101 Å². The Kier molecular flexibility index (Phi) is 3.68. The van der Waals surface area contributed by atoms with Gasteiger partial charge in [-0.3, -0.25) is 4.79 Å². The lowest BCUT2D eigenvalue weighted by molar-refractivity contribution is 0.101. The van der Waals surface area contributed by atoms with E-state index in [1.165, 1.54) is 0 Å². The van der Waals surface area contributed by atoms with Gasteiger partial charge in [0.1, 0.15) is 0 Å². The predicted octanol–water partition coefficient (Wildman–Crippen LogP) is 1.08. The number of ketones is 1. The summed E-state index contributed by atoms with van der Waals surface area (Å²) in [6, 6.07) is 0. The average Bonchev–Trinajstić information content (AvgIpc) is 2.39. The maximum atomic E-state index is 11.4. The Morgan fingerprint density at radius 3 is 2.76 bits per heavy atom. The second-order valence-corrected chi connectivity index (χ2v) is 4.04. The average molecular weight is 235 g/mol. The highest BCUT2D eigenvalue weighted by molar-refractivity contribution is 5.94. The Hall–Kier alpha value is -1.49. The molecule has 1 aromatic heterocycles. The second-order valence-electron chi connectivity index (χ2n) is 4.04. The molecule has 0 bridgehead atoms. The molecule has 2 heterocycles. The zero-order chi connectivity index (χ0) is 12.3. The number of nitrogens with zero attached hydrogens (tertiary/aromatic N) is 3. The van der Waals surface area contributed by atoms with Crippen LogP contribution in [0.5, 0.6) is 0 Å². The number of aromatic nitrogens is 2. The van der Waals surface area contributed by atoms with Crippen molar-refractivity contribution in [1.29, 1.82) is 0 Å². The van der Waals surface area contributed by atoms with Crippen LogP contribution in [0.3, 0.4) is 0 Å². The molecular formula is C12H17N3O2. The summed E-state index contributed by atoms with van der Waals surface area (Å²) < 4.78 is 5.29. The van der Waals surface area contributed by atoms with Gasteiger partial charge in [0.15, 0.2) is 5.78 Å². The highest BCUT2D eigenvalue weighted by atomic mass is 16.5. The van der Waals surface area contributed by atoms with Gasteiger partial charge < -0.3 is 9.64 Å². The molecule has 0 N–H and O–H groups in total. The Morgan fingerprint density at radius 1 is 1.47 bits per heavy atom. The lowest BCUT2D eigenvalue weighted by Crippen LogP contribution is -2.37. The first kappa shape index (κ1) is 12.0. The van der Waals surface area contributed by atoms with Crippen LogP contribution in [-0.4, -0.2) is 42.1 Å². The van der Waals surface area contributed by atoms with Crippen molar-refractivity contribution < 1.29 is 9.53 Å². The van der Waals surface area contributed by atoms with E-state index in [1.54, 1.807) is 13.1 Å². The van der Waals surface area contributed by atoms with Crippen LogP contribution in [0.25, 0.3) is 0 Å². The molecule has 5 heteroatoms. The molecule has 0 spiro atoms. The summed E-state index contributed by atoms with van der Waals surface area (Å²) in [6.07, 6.45) is 2.38. The van der Waals surface area contributed by atoms with E-state index in [4.69, 9.17) is 4.74 Å². The molecule has 92 valence electrons. The van der Waals surface area contributed by atoms with Gasteiger partial charge in [-0.15, -0.1) is 0 Å². The van der Waals surface area contributed by atoms with Crippen LogP contribution in [0.2, 0.25) is 0 Å². The quantitative estimate of drug-likeness (QED) is 0.734. The molecular weight excluding hydrogens is 218 g/mol. The minimum Gasteiger partial charge on any atom is -0.378 e. The molecule has 1 aliphatic rings. The van der Waals surface area contributed by atoms with E-state index in [2.05, 4.69) is 14.9 Å². The number of morpholine rings is 1. The van der Waals surface area contributed by atoms with E-state index in [0.29, 0.717) is 24.7 Å². The number of hydrogen-bond donors (Lipinski definition) is 0. The van der Waals surface area contributed by atoms with Gasteiger partial charge in [-0.05, 0) is 13.3 Å². The van der Waals surface area contributed by atoms with E-state index >= 15 is 0 Å². The van der Waals surface area contributed by atoms with Gasteiger partial charge in [0.2, 0.25) is 5.95 Å². The fraction of sp³-hybridized carbons (Fsp3) is 0.583. The lowest BCUT2D eigenvalue weighted by atomic mass is 10.1. The van der Waals surface area contributed by atoms with Crippen LogP contribution in [0.15, 0.2) is 6.20 Å². The number of Topliss-reactive ketones (excluding diaryl/α,β-unsaturated/α-hetero) is 1. The first-order chi connectivity index (χ1) is 8.22. The minimum atomic E-state index is 0.0235. The summed E-state index contributed by atoms with van der Waals surface area (Å²) in [7, 11) is 0. The number of anilines is 1. The first-order valence-corrected chi connectivity index (χ1v) is 5.92. The minimum absolute atomic E-state index is 0.0235. The Balaban J connectivity index is 2.27. The van der Waals surface area contributed by atoms with Crippen molar-refractivity contribution in [1.82, 2.24) is 9.97 Å². The van der Waals surface area contributed by atoms with Gasteiger partial charge in [-0.2, -0.15) is 0 Å². The number of aryl methyl sites for hydroxylation is 1. The highest BCUT2D eigenvalue weighted by Crippen LogP contribution is 2.14. The van der Waals surface area contributed by atoms with Crippen molar-refractivity contribution in [2.24, 2.45) is 0 Å². The van der Waals surface area contributed by atoms with Crippen molar-refractivity contribution in [2.75, 3.05) is 31.2 Å². The van der Waals surface area contributed by atoms with E-state index < -0.39 is 0 Å². The van der Waals surface area contributed by atoms with Crippen LogP contribution in [-0.2, 0) is 11.2 Å². The molecule has 5 nitrogen and oxygen atoms in total. The summed E-state index contributed by atoms with van der Waals surface area (Å²) in [5, 5.41) is 0. The highest BCUT2D eigenvalue weighted by Gasteiger charge is 2.16. The molecule has 0 amide bonds. The number of rotatable bonds is 3. The van der Waals surface area contributed by atoms with Crippen molar-refractivity contribution in [3.05, 3.63) is 17.5 Å². The van der Waals surface area contributed by atoms with Gasteiger partial charge in [0, 0.05) is 19.3 Å². The monoisotopic (exact) mass is 235 g/mol. The van der Waals surface area contributed by atoms with Gasteiger partial charge in [0.05, 0.1) is 24.5 Å². The van der Waals surface area contributed by atoms with E-state index in [-0.39, 0.29) is 5.78 Å². The molecule has 1 saturated heterocycles. The third-order valence-electron chi connectivity index (χ3n) is 2.86. The smallest absolute Gasteiger partial charge is 0.225 e. The molecule has 0 unspecified atom stereocenters. The largest absolute Gasteiger partial charge is 0.378 e. The van der Waals surface area contributed by atoms with Crippen molar-refractivity contribution in [2.45, 2.75) is 20.3 Å².